The summed E-state index contributed by atoms with van der Waals surface area (Å²) in [6.07, 6.45) is -7.62. The molecule has 1 fully saturated rings. The average Bonchev–Trinajstić information content (AvgIpc) is 2.74. The molecule has 2 aromatic carbocycles. The third-order valence-corrected chi connectivity index (χ3v) is 4.64. The first-order valence-electron chi connectivity index (χ1n) is 9.06. The van der Waals surface area contributed by atoms with Crippen LogP contribution in [0.2, 0.25) is 0 Å². The molecule has 0 saturated carbocycles. The highest BCUT2D eigenvalue weighted by Gasteiger charge is 2.45. The number of phenols is 2. The molecule has 162 valence electrons. The zero-order valence-corrected chi connectivity index (χ0v) is 15.7. The first-order chi connectivity index (χ1) is 14.3. The van der Waals surface area contributed by atoms with Crippen LogP contribution in [0.4, 0.5) is 0 Å². The summed E-state index contributed by atoms with van der Waals surface area (Å²) in [5.74, 6) is -1.61. The Morgan fingerprint density at radius 1 is 0.933 bits per heavy atom. The van der Waals surface area contributed by atoms with Gasteiger partial charge in [0.2, 0.25) is 6.29 Å². The Balaban J connectivity index is 1.76. The van der Waals surface area contributed by atoms with E-state index in [0.29, 0.717) is 0 Å². The molecule has 0 bridgehead atoms. The highest BCUT2D eigenvalue weighted by molar-refractivity contribution is 5.92. The van der Waals surface area contributed by atoms with E-state index < -0.39 is 43.3 Å². The van der Waals surface area contributed by atoms with Gasteiger partial charge in [-0.3, -0.25) is 0 Å². The lowest BCUT2D eigenvalue weighted by atomic mass is 9.99. The minimum absolute atomic E-state index is 0.0472. The quantitative estimate of drug-likeness (QED) is 0.338. The van der Waals surface area contributed by atoms with E-state index in [0.717, 1.165) is 0 Å². The minimum atomic E-state index is -1.68. The van der Waals surface area contributed by atoms with Crippen molar-refractivity contribution in [3.8, 4) is 17.2 Å². The maximum absolute atomic E-state index is 12.2. The van der Waals surface area contributed by atoms with E-state index in [1.54, 1.807) is 12.1 Å². The lowest BCUT2D eigenvalue weighted by Crippen LogP contribution is -2.60. The van der Waals surface area contributed by atoms with Crippen molar-refractivity contribution < 1.29 is 49.6 Å². The molecule has 30 heavy (non-hydrogen) atoms. The van der Waals surface area contributed by atoms with Gasteiger partial charge >= 0.3 is 5.97 Å². The van der Waals surface area contributed by atoms with E-state index >= 15 is 0 Å². The molecular formula is C20H22O10. The van der Waals surface area contributed by atoms with Gasteiger partial charge in [0, 0.05) is 5.56 Å². The van der Waals surface area contributed by atoms with Gasteiger partial charge in [0.15, 0.2) is 11.5 Å². The summed E-state index contributed by atoms with van der Waals surface area (Å²) in [6, 6.07) is 10.1. The monoisotopic (exact) mass is 422 g/mol. The summed E-state index contributed by atoms with van der Waals surface area (Å²) in [4.78, 5) is 12.2. The van der Waals surface area contributed by atoms with E-state index in [4.69, 9.17) is 14.2 Å². The van der Waals surface area contributed by atoms with Crippen molar-refractivity contribution in [3.05, 3.63) is 53.6 Å². The number of carbonyl (C=O) groups is 1. The van der Waals surface area contributed by atoms with E-state index in [-0.39, 0.29) is 35.0 Å². The second-order valence-corrected chi connectivity index (χ2v) is 6.67. The number of esters is 1. The number of aromatic hydroxyl groups is 2. The van der Waals surface area contributed by atoms with Gasteiger partial charge < -0.3 is 44.8 Å². The van der Waals surface area contributed by atoms with Crippen molar-refractivity contribution >= 4 is 5.97 Å². The molecule has 3 rings (SSSR count). The van der Waals surface area contributed by atoms with Crippen LogP contribution in [0.15, 0.2) is 42.5 Å². The SMILES string of the molecule is O=C(OCc1cccc(O)c1O[C@@H]1O[C@H](CO)[C@@H](O)[C@H](O)[C@H]1O)c1ccccc1O. The Bertz CT molecular complexity index is 884. The Kier molecular flexibility index (Phi) is 6.75. The van der Waals surface area contributed by atoms with Crippen LogP contribution in [0, 0.1) is 0 Å². The Morgan fingerprint density at radius 3 is 2.33 bits per heavy atom. The number of benzene rings is 2. The van der Waals surface area contributed by atoms with Crippen molar-refractivity contribution in [1.82, 2.24) is 0 Å². The number of ether oxygens (including phenoxy) is 3. The fourth-order valence-corrected chi connectivity index (χ4v) is 2.97. The molecule has 10 heteroatoms. The maximum atomic E-state index is 12.2. The highest BCUT2D eigenvalue weighted by atomic mass is 16.7. The molecule has 5 atom stereocenters. The van der Waals surface area contributed by atoms with E-state index in [1.165, 1.54) is 30.3 Å². The number of hydrogen-bond donors (Lipinski definition) is 6. The van der Waals surface area contributed by atoms with Crippen LogP contribution in [0.3, 0.4) is 0 Å². The molecule has 0 amide bonds. The fraction of sp³-hybridized carbons (Fsp3) is 0.350. The van der Waals surface area contributed by atoms with Crippen LogP contribution in [0.5, 0.6) is 17.2 Å². The molecule has 1 heterocycles. The number of aliphatic hydroxyl groups excluding tert-OH is 4. The van der Waals surface area contributed by atoms with E-state index in [2.05, 4.69) is 0 Å². The van der Waals surface area contributed by atoms with Crippen LogP contribution in [-0.4, -0.2) is 73.9 Å². The van der Waals surface area contributed by atoms with Gasteiger partial charge in [-0.2, -0.15) is 0 Å². The second-order valence-electron chi connectivity index (χ2n) is 6.67. The molecule has 0 aliphatic carbocycles. The zero-order valence-electron chi connectivity index (χ0n) is 15.7. The third-order valence-electron chi connectivity index (χ3n) is 4.64. The van der Waals surface area contributed by atoms with Gasteiger partial charge in [-0.05, 0) is 18.2 Å². The lowest BCUT2D eigenvalue weighted by Gasteiger charge is -2.39. The lowest BCUT2D eigenvalue weighted by molar-refractivity contribution is -0.277. The number of carbonyl (C=O) groups excluding carboxylic acids is 1. The molecule has 2 aromatic rings. The van der Waals surface area contributed by atoms with Crippen LogP contribution < -0.4 is 4.74 Å². The van der Waals surface area contributed by atoms with Gasteiger partial charge in [-0.25, -0.2) is 4.79 Å². The number of rotatable bonds is 6. The molecule has 10 nitrogen and oxygen atoms in total. The Labute approximate surface area is 171 Å². The molecular weight excluding hydrogens is 400 g/mol. The maximum Gasteiger partial charge on any atom is 0.342 e. The van der Waals surface area contributed by atoms with Gasteiger partial charge in [0.05, 0.1) is 6.61 Å². The standard InChI is InChI=1S/C20H22O10/c21-8-14-15(24)16(25)17(26)20(29-14)30-18-10(4-3-7-13(18)23)9-28-19(27)11-5-1-2-6-12(11)22/h1-7,14-17,20-26H,8-9H2/t14-,15-,16+,17-,20+/m1/s1. The predicted molar refractivity (Wildman–Crippen MR) is 99.7 cm³/mol. The summed E-state index contributed by atoms with van der Waals surface area (Å²) in [5.41, 5.74) is 0.157. The third kappa shape index (κ3) is 4.48. The Morgan fingerprint density at radius 2 is 1.63 bits per heavy atom. The van der Waals surface area contributed by atoms with Crippen molar-refractivity contribution in [3.63, 3.8) is 0 Å². The average molecular weight is 422 g/mol. The van der Waals surface area contributed by atoms with Crippen LogP contribution in [0.25, 0.3) is 0 Å². The smallest absolute Gasteiger partial charge is 0.342 e. The molecule has 0 aromatic heterocycles. The van der Waals surface area contributed by atoms with E-state index in [1.807, 2.05) is 0 Å². The first-order valence-corrected chi connectivity index (χ1v) is 9.06. The number of phenolic OH excluding ortho intramolecular Hbond substituents is 2. The summed E-state index contributed by atoms with van der Waals surface area (Å²) >= 11 is 0. The van der Waals surface area contributed by atoms with Gasteiger partial charge in [0.25, 0.3) is 0 Å². The van der Waals surface area contributed by atoms with Crippen LogP contribution in [0.1, 0.15) is 15.9 Å². The first kappa shape index (κ1) is 21.8. The molecule has 0 spiro atoms. The molecule has 1 saturated heterocycles. The minimum Gasteiger partial charge on any atom is -0.507 e. The van der Waals surface area contributed by atoms with Gasteiger partial charge in [0.1, 0.15) is 42.3 Å². The van der Waals surface area contributed by atoms with Crippen molar-refractivity contribution in [2.45, 2.75) is 37.3 Å². The largest absolute Gasteiger partial charge is 0.507 e. The summed E-state index contributed by atoms with van der Waals surface area (Å²) in [7, 11) is 0. The predicted octanol–water partition coefficient (Wildman–Crippen LogP) is -0.367. The second kappa shape index (κ2) is 9.28. The van der Waals surface area contributed by atoms with Crippen molar-refractivity contribution in [1.29, 1.82) is 0 Å². The summed E-state index contributed by atoms with van der Waals surface area (Å²) in [6.45, 7) is -0.995. The van der Waals surface area contributed by atoms with Crippen molar-refractivity contribution in [2.24, 2.45) is 0 Å². The Hall–Kier alpha value is -2.89. The van der Waals surface area contributed by atoms with Gasteiger partial charge in [-0.15, -0.1) is 0 Å². The van der Waals surface area contributed by atoms with Crippen molar-refractivity contribution in [2.75, 3.05) is 6.61 Å². The molecule has 0 unspecified atom stereocenters. The summed E-state index contributed by atoms with van der Waals surface area (Å²) in [5, 5.41) is 59.0. The van der Waals surface area contributed by atoms with Gasteiger partial charge in [-0.1, -0.05) is 24.3 Å². The topological polar surface area (TPSA) is 166 Å². The molecule has 1 aliphatic heterocycles. The zero-order chi connectivity index (χ0) is 21.8. The number of para-hydroxylation sites is 2. The van der Waals surface area contributed by atoms with Crippen LogP contribution >= 0.6 is 0 Å². The number of aliphatic hydroxyl groups is 4. The normalized spacial score (nSPS) is 26.2. The number of hydrogen-bond acceptors (Lipinski definition) is 10. The van der Waals surface area contributed by atoms with Crippen LogP contribution in [-0.2, 0) is 16.1 Å². The molecule has 1 aliphatic rings. The summed E-state index contributed by atoms with van der Waals surface area (Å²) < 4.78 is 15.9. The molecule has 6 N–H and O–H groups in total. The molecule has 0 radical (unpaired) electrons. The fourth-order valence-electron chi connectivity index (χ4n) is 2.97. The van der Waals surface area contributed by atoms with E-state index in [9.17, 15) is 35.4 Å². The highest BCUT2D eigenvalue weighted by Crippen LogP contribution is 2.34.